The molecule has 3 heteroatoms. The second kappa shape index (κ2) is 3.89. The van der Waals surface area contributed by atoms with Gasteiger partial charge in [-0.15, -0.1) is 0 Å². The van der Waals surface area contributed by atoms with Crippen LogP contribution in [-0.2, 0) is 4.79 Å². The Morgan fingerprint density at radius 1 is 1.36 bits per heavy atom. The van der Waals surface area contributed by atoms with Crippen molar-refractivity contribution in [3.63, 3.8) is 0 Å². The summed E-state index contributed by atoms with van der Waals surface area (Å²) in [4.78, 5) is 13.5. The minimum Gasteiger partial charge on any atom is -0.356 e. The zero-order valence-electron chi connectivity index (χ0n) is 9.01. The molecule has 0 aromatic heterocycles. The molecule has 2 aliphatic heterocycles. The van der Waals surface area contributed by atoms with Gasteiger partial charge in [0.1, 0.15) is 0 Å². The molecule has 0 aromatic carbocycles. The highest BCUT2D eigenvalue weighted by molar-refractivity contribution is 5.72. The van der Waals surface area contributed by atoms with Crippen LogP contribution in [0.15, 0.2) is 0 Å². The van der Waals surface area contributed by atoms with Crippen molar-refractivity contribution >= 4 is 5.91 Å². The highest BCUT2D eigenvalue weighted by Gasteiger charge is 2.37. The molecule has 1 amide bonds. The number of carbonyl (C=O) groups excluding carboxylic acids is 1. The van der Waals surface area contributed by atoms with Crippen LogP contribution in [0.5, 0.6) is 0 Å². The Bertz CT molecular complexity index is 217. The molecule has 2 heterocycles. The SMILES string of the molecule is CC(=O)NCC12CCCN(CCC1)C2. The summed E-state index contributed by atoms with van der Waals surface area (Å²) in [5, 5.41) is 3.00. The third kappa shape index (κ3) is 2.08. The average Bonchev–Trinajstić information content (AvgIpc) is 2.15. The maximum atomic E-state index is 10.9. The van der Waals surface area contributed by atoms with Crippen molar-refractivity contribution in [2.75, 3.05) is 26.2 Å². The van der Waals surface area contributed by atoms with Gasteiger partial charge in [-0.25, -0.2) is 0 Å². The van der Waals surface area contributed by atoms with E-state index in [2.05, 4.69) is 10.2 Å². The fourth-order valence-corrected chi connectivity index (χ4v) is 2.93. The van der Waals surface area contributed by atoms with Crippen LogP contribution in [-0.4, -0.2) is 37.0 Å². The fraction of sp³-hybridized carbons (Fsp3) is 0.909. The van der Waals surface area contributed by atoms with Crippen molar-refractivity contribution in [2.45, 2.75) is 32.6 Å². The Hall–Kier alpha value is -0.570. The lowest BCUT2D eigenvalue weighted by molar-refractivity contribution is -0.120. The molecule has 0 saturated carbocycles. The molecule has 0 aromatic rings. The lowest BCUT2D eigenvalue weighted by Gasteiger charge is -2.47. The van der Waals surface area contributed by atoms with E-state index in [1.165, 1.54) is 45.3 Å². The monoisotopic (exact) mass is 196 g/mol. The fourth-order valence-electron chi connectivity index (χ4n) is 2.93. The summed E-state index contributed by atoms with van der Waals surface area (Å²) in [5.74, 6) is 0.113. The van der Waals surface area contributed by atoms with Crippen LogP contribution in [0.1, 0.15) is 32.6 Å². The summed E-state index contributed by atoms with van der Waals surface area (Å²) in [7, 11) is 0. The van der Waals surface area contributed by atoms with E-state index in [9.17, 15) is 4.79 Å². The number of nitrogens with one attached hydrogen (secondary N) is 1. The normalized spacial score (nSPS) is 36.5. The van der Waals surface area contributed by atoms with Gasteiger partial charge in [-0.3, -0.25) is 4.79 Å². The van der Waals surface area contributed by atoms with Gasteiger partial charge in [-0.05, 0) is 38.8 Å². The lowest BCUT2D eigenvalue weighted by Crippen LogP contribution is -2.52. The number of rotatable bonds is 2. The first-order valence-electron chi connectivity index (χ1n) is 5.67. The molecule has 14 heavy (non-hydrogen) atoms. The van der Waals surface area contributed by atoms with Gasteiger partial charge in [0.05, 0.1) is 0 Å². The van der Waals surface area contributed by atoms with Gasteiger partial charge >= 0.3 is 0 Å². The number of fused-ring (bicyclic) bond motifs is 2. The number of amides is 1. The third-order valence-corrected chi connectivity index (χ3v) is 3.63. The van der Waals surface area contributed by atoms with Crippen molar-refractivity contribution in [1.29, 1.82) is 0 Å². The van der Waals surface area contributed by atoms with Crippen molar-refractivity contribution in [3.05, 3.63) is 0 Å². The van der Waals surface area contributed by atoms with Crippen LogP contribution in [0, 0.1) is 5.41 Å². The number of hydrogen-bond acceptors (Lipinski definition) is 2. The molecule has 1 N–H and O–H groups in total. The Morgan fingerprint density at radius 3 is 2.57 bits per heavy atom. The maximum Gasteiger partial charge on any atom is 0.216 e. The summed E-state index contributed by atoms with van der Waals surface area (Å²) >= 11 is 0. The van der Waals surface area contributed by atoms with E-state index in [0.29, 0.717) is 5.41 Å². The molecular weight excluding hydrogens is 176 g/mol. The van der Waals surface area contributed by atoms with Gasteiger partial charge < -0.3 is 10.2 Å². The third-order valence-electron chi connectivity index (χ3n) is 3.63. The maximum absolute atomic E-state index is 10.9. The highest BCUT2D eigenvalue weighted by Crippen LogP contribution is 2.37. The number of carbonyl (C=O) groups is 1. The van der Waals surface area contributed by atoms with E-state index in [-0.39, 0.29) is 5.91 Å². The quantitative estimate of drug-likeness (QED) is 0.714. The molecule has 2 fully saturated rings. The molecule has 0 unspecified atom stereocenters. The summed E-state index contributed by atoms with van der Waals surface area (Å²) in [6.07, 6.45) is 5.20. The van der Waals surface area contributed by atoms with E-state index in [4.69, 9.17) is 0 Å². The second-order valence-corrected chi connectivity index (χ2v) is 4.89. The van der Waals surface area contributed by atoms with E-state index in [1.807, 2.05) is 0 Å². The summed E-state index contributed by atoms with van der Waals surface area (Å²) in [6, 6.07) is 0. The van der Waals surface area contributed by atoms with Gasteiger partial charge in [0.15, 0.2) is 0 Å². The van der Waals surface area contributed by atoms with E-state index in [1.54, 1.807) is 6.92 Å². The van der Waals surface area contributed by atoms with E-state index >= 15 is 0 Å². The minimum absolute atomic E-state index is 0.113. The molecule has 2 rings (SSSR count). The first-order valence-corrected chi connectivity index (χ1v) is 5.67. The number of nitrogens with zero attached hydrogens (tertiary/aromatic N) is 1. The van der Waals surface area contributed by atoms with Gasteiger partial charge in [-0.1, -0.05) is 0 Å². The molecule has 80 valence electrons. The summed E-state index contributed by atoms with van der Waals surface area (Å²) < 4.78 is 0. The largest absolute Gasteiger partial charge is 0.356 e. The van der Waals surface area contributed by atoms with E-state index < -0.39 is 0 Å². The molecule has 2 aliphatic rings. The first kappa shape index (κ1) is 9.97. The molecule has 0 spiro atoms. The van der Waals surface area contributed by atoms with Crippen LogP contribution in [0.25, 0.3) is 0 Å². The van der Waals surface area contributed by atoms with Gasteiger partial charge in [0.25, 0.3) is 0 Å². The zero-order chi connectivity index (χ0) is 10.0. The van der Waals surface area contributed by atoms with Gasteiger partial charge in [-0.2, -0.15) is 0 Å². The molecule has 2 saturated heterocycles. The van der Waals surface area contributed by atoms with Crippen LogP contribution in [0.4, 0.5) is 0 Å². The number of piperidine rings is 2. The van der Waals surface area contributed by atoms with E-state index in [0.717, 1.165) is 6.54 Å². The van der Waals surface area contributed by atoms with Gasteiger partial charge in [0, 0.05) is 25.4 Å². The Morgan fingerprint density at radius 2 is 2.00 bits per heavy atom. The summed E-state index contributed by atoms with van der Waals surface area (Å²) in [6.45, 7) is 6.23. The smallest absolute Gasteiger partial charge is 0.216 e. The Labute approximate surface area is 85.8 Å². The Balaban J connectivity index is 1.94. The molecule has 0 radical (unpaired) electrons. The molecule has 0 atom stereocenters. The first-order chi connectivity index (χ1) is 6.70. The van der Waals surface area contributed by atoms with Crippen molar-refractivity contribution < 1.29 is 4.79 Å². The second-order valence-electron chi connectivity index (χ2n) is 4.89. The minimum atomic E-state index is 0.113. The van der Waals surface area contributed by atoms with Gasteiger partial charge in [0.2, 0.25) is 5.91 Å². The summed E-state index contributed by atoms with van der Waals surface area (Å²) in [5.41, 5.74) is 0.405. The topological polar surface area (TPSA) is 32.3 Å². The molecule has 2 bridgehead atoms. The molecule has 0 aliphatic carbocycles. The van der Waals surface area contributed by atoms with Crippen LogP contribution >= 0.6 is 0 Å². The Kier molecular flexibility index (Phi) is 2.77. The predicted molar refractivity (Wildman–Crippen MR) is 56.0 cm³/mol. The molecular formula is C11H20N2O. The number of hydrogen-bond donors (Lipinski definition) is 1. The van der Waals surface area contributed by atoms with Crippen LogP contribution in [0.2, 0.25) is 0 Å². The average molecular weight is 196 g/mol. The predicted octanol–water partition coefficient (Wildman–Crippen LogP) is 0.998. The van der Waals surface area contributed by atoms with Crippen molar-refractivity contribution in [2.24, 2.45) is 5.41 Å². The highest BCUT2D eigenvalue weighted by atomic mass is 16.1. The standard InChI is InChI=1S/C11H20N2O/c1-10(14)12-8-11-4-2-6-13(9-11)7-3-5-11/h2-9H2,1H3,(H,12,14). The van der Waals surface area contributed by atoms with Crippen molar-refractivity contribution in [1.82, 2.24) is 10.2 Å². The molecule has 3 nitrogen and oxygen atoms in total. The van der Waals surface area contributed by atoms with Crippen LogP contribution in [0.3, 0.4) is 0 Å². The van der Waals surface area contributed by atoms with Crippen LogP contribution < -0.4 is 5.32 Å². The zero-order valence-corrected chi connectivity index (χ0v) is 9.01. The van der Waals surface area contributed by atoms with Crippen molar-refractivity contribution in [3.8, 4) is 0 Å². The lowest BCUT2D eigenvalue weighted by atomic mass is 9.73.